The zero-order valence-corrected chi connectivity index (χ0v) is 16.0. The van der Waals surface area contributed by atoms with Gasteiger partial charge in [0, 0.05) is 24.1 Å². The van der Waals surface area contributed by atoms with E-state index in [9.17, 15) is 9.18 Å². The van der Waals surface area contributed by atoms with Crippen LogP contribution >= 0.6 is 0 Å². The van der Waals surface area contributed by atoms with Gasteiger partial charge < -0.3 is 4.90 Å². The number of hydrogen-bond acceptors (Lipinski definition) is 1. The van der Waals surface area contributed by atoms with Gasteiger partial charge in [0.2, 0.25) is 5.91 Å². The van der Waals surface area contributed by atoms with Crippen LogP contribution in [-0.2, 0) is 11.2 Å². The second-order valence-electron chi connectivity index (χ2n) is 7.50. The SMILES string of the molecule is CC1CCc2cc(F)ccc2N1C(=O)CC(c1ccccc1)c1ccccc1. The van der Waals surface area contributed by atoms with Crippen molar-refractivity contribution in [3.63, 3.8) is 0 Å². The van der Waals surface area contributed by atoms with E-state index in [1.54, 1.807) is 12.1 Å². The minimum atomic E-state index is -0.243. The Morgan fingerprint density at radius 2 is 1.61 bits per heavy atom. The maximum Gasteiger partial charge on any atom is 0.228 e. The molecule has 3 aromatic rings. The number of carbonyl (C=O) groups excluding carboxylic acids is 1. The molecule has 1 atom stereocenters. The van der Waals surface area contributed by atoms with Crippen LogP contribution in [0.5, 0.6) is 0 Å². The van der Waals surface area contributed by atoms with Crippen LogP contribution < -0.4 is 4.90 Å². The van der Waals surface area contributed by atoms with Crippen LogP contribution in [0.2, 0.25) is 0 Å². The van der Waals surface area contributed by atoms with E-state index in [0.717, 1.165) is 35.2 Å². The number of hydrogen-bond donors (Lipinski definition) is 0. The summed E-state index contributed by atoms with van der Waals surface area (Å²) < 4.78 is 13.7. The number of benzene rings is 3. The van der Waals surface area contributed by atoms with Crippen LogP contribution in [0, 0.1) is 5.82 Å². The van der Waals surface area contributed by atoms with Crippen LogP contribution in [0.4, 0.5) is 10.1 Å². The summed E-state index contributed by atoms with van der Waals surface area (Å²) >= 11 is 0. The smallest absolute Gasteiger partial charge is 0.228 e. The Balaban J connectivity index is 1.67. The Labute approximate surface area is 165 Å². The number of carbonyl (C=O) groups is 1. The summed E-state index contributed by atoms with van der Waals surface area (Å²) in [6.07, 6.45) is 2.04. The molecule has 142 valence electrons. The van der Waals surface area contributed by atoms with Gasteiger partial charge in [-0.1, -0.05) is 60.7 Å². The van der Waals surface area contributed by atoms with Crippen molar-refractivity contribution in [3.05, 3.63) is 101 Å². The van der Waals surface area contributed by atoms with Crippen molar-refractivity contribution in [1.29, 1.82) is 0 Å². The Bertz CT molecular complexity index is 915. The van der Waals surface area contributed by atoms with Gasteiger partial charge in [0.05, 0.1) is 0 Å². The number of nitrogens with zero attached hydrogens (tertiary/aromatic N) is 1. The Morgan fingerprint density at radius 1 is 1.00 bits per heavy atom. The topological polar surface area (TPSA) is 20.3 Å². The maximum absolute atomic E-state index is 13.7. The lowest BCUT2D eigenvalue weighted by Crippen LogP contribution is -2.42. The minimum Gasteiger partial charge on any atom is -0.309 e. The summed E-state index contributed by atoms with van der Waals surface area (Å²) in [5, 5.41) is 0. The molecule has 1 aliphatic heterocycles. The van der Waals surface area contributed by atoms with Crippen molar-refractivity contribution in [2.45, 2.75) is 38.1 Å². The largest absolute Gasteiger partial charge is 0.309 e. The van der Waals surface area contributed by atoms with E-state index in [-0.39, 0.29) is 23.7 Å². The third-order valence-corrected chi connectivity index (χ3v) is 5.62. The predicted octanol–water partition coefficient (Wildman–Crippen LogP) is 5.72. The molecule has 1 amide bonds. The second kappa shape index (κ2) is 7.97. The Kier molecular flexibility index (Phi) is 5.25. The fourth-order valence-electron chi connectivity index (χ4n) is 4.17. The summed E-state index contributed by atoms with van der Waals surface area (Å²) in [5.41, 5.74) is 4.03. The molecule has 4 rings (SSSR count). The van der Waals surface area contributed by atoms with Gasteiger partial charge in [-0.05, 0) is 54.7 Å². The van der Waals surface area contributed by atoms with Crippen LogP contribution in [0.15, 0.2) is 78.9 Å². The molecule has 0 N–H and O–H groups in total. The molecule has 1 heterocycles. The average molecular weight is 373 g/mol. The predicted molar refractivity (Wildman–Crippen MR) is 111 cm³/mol. The van der Waals surface area contributed by atoms with Crippen molar-refractivity contribution >= 4 is 11.6 Å². The molecule has 0 bridgehead atoms. The van der Waals surface area contributed by atoms with Crippen molar-refractivity contribution in [2.24, 2.45) is 0 Å². The van der Waals surface area contributed by atoms with Crippen molar-refractivity contribution < 1.29 is 9.18 Å². The van der Waals surface area contributed by atoms with Crippen LogP contribution in [0.3, 0.4) is 0 Å². The Morgan fingerprint density at radius 3 is 2.21 bits per heavy atom. The highest BCUT2D eigenvalue weighted by Gasteiger charge is 2.30. The monoisotopic (exact) mass is 373 g/mol. The first-order valence-corrected chi connectivity index (χ1v) is 9.84. The first kappa shape index (κ1) is 18.4. The molecular formula is C25H24FNO. The summed E-state index contributed by atoms with van der Waals surface area (Å²) in [5.74, 6) is -0.169. The Hall–Kier alpha value is -2.94. The van der Waals surface area contributed by atoms with Gasteiger partial charge in [0.25, 0.3) is 0 Å². The van der Waals surface area contributed by atoms with E-state index < -0.39 is 0 Å². The number of aryl methyl sites for hydroxylation is 1. The number of fused-ring (bicyclic) bond motifs is 1. The molecule has 1 aliphatic rings. The third kappa shape index (κ3) is 3.70. The lowest BCUT2D eigenvalue weighted by Gasteiger charge is -2.36. The third-order valence-electron chi connectivity index (χ3n) is 5.62. The van der Waals surface area contributed by atoms with E-state index in [1.165, 1.54) is 6.07 Å². The zero-order valence-electron chi connectivity index (χ0n) is 16.0. The van der Waals surface area contributed by atoms with E-state index in [0.29, 0.717) is 6.42 Å². The molecule has 0 saturated heterocycles. The highest BCUT2D eigenvalue weighted by molar-refractivity contribution is 5.96. The van der Waals surface area contributed by atoms with Crippen molar-refractivity contribution in [2.75, 3.05) is 4.90 Å². The van der Waals surface area contributed by atoms with Crippen molar-refractivity contribution in [1.82, 2.24) is 0 Å². The number of rotatable bonds is 4. The molecule has 3 aromatic carbocycles. The summed E-state index contributed by atoms with van der Waals surface area (Å²) in [7, 11) is 0. The van der Waals surface area contributed by atoms with Gasteiger partial charge in [-0.25, -0.2) is 4.39 Å². The zero-order chi connectivity index (χ0) is 19.5. The lowest BCUT2D eigenvalue weighted by atomic mass is 9.87. The first-order valence-electron chi connectivity index (χ1n) is 9.84. The van der Waals surface area contributed by atoms with Gasteiger partial charge >= 0.3 is 0 Å². The van der Waals surface area contributed by atoms with E-state index >= 15 is 0 Å². The van der Waals surface area contributed by atoms with Gasteiger partial charge in [-0.2, -0.15) is 0 Å². The lowest BCUT2D eigenvalue weighted by molar-refractivity contribution is -0.119. The number of anilines is 1. The molecule has 0 fully saturated rings. The molecular weight excluding hydrogens is 349 g/mol. The molecule has 0 radical (unpaired) electrons. The normalized spacial score (nSPS) is 16.1. The van der Waals surface area contributed by atoms with Gasteiger partial charge in [0.15, 0.2) is 0 Å². The van der Waals surface area contributed by atoms with Crippen LogP contribution in [0.1, 0.15) is 42.4 Å². The molecule has 0 spiro atoms. The van der Waals surface area contributed by atoms with E-state index in [2.05, 4.69) is 31.2 Å². The summed E-state index contributed by atoms with van der Waals surface area (Å²) in [6, 6.07) is 25.2. The molecule has 0 aromatic heterocycles. The average Bonchev–Trinajstić information content (AvgIpc) is 2.73. The van der Waals surface area contributed by atoms with Gasteiger partial charge in [-0.3, -0.25) is 4.79 Å². The fraction of sp³-hybridized carbons (Fsp3) is 0.240. The summed E-state index contributed by atoms with van der Waals surface area (Å²) in [6.45, 7) is 2.07. The van der Waals surface area contributed by atoms with Crippen LogP contribution in [0.25, 0.3) is 0 Å². The number of halogens is 1. The van der Waals surface area contributed by atoms with Gasteiger partial charge in [-0.15, -0.1) is 0 Å². The quantitative estimate of drug-likeness (QED) is 0.573. The van der Waals surface area contributed by atoms with E-state index in [1.807, 2.05) is 41.3 Å². The van der Waals surface area contributed by atoms with E-state index in [4.69, 9.17) is 0 Å². The van der Waals surface area contributed by atoms with Crippen LogP contribution in [-0.4, -0.2) is 11.9 Å². The highest BCUT2D eigenvalue weighted by atomic mass is 19.1. The summed E-state index contributed by atoms with van der Waals surface area (Å²) in [4.78, 5) is 15.3. The molecule has 3 heteroatoms. The maximum atomic E-state index is 13.7. The fourth-order valence-corrected chi connectivity index (χ4v) is 4.17. The second-order valence-corrected chi connectivity index (χ2v) is 7.50. The van der Waals surface area contributed by atoms with Gasteiger partial charge in [0.1, 0.15) is 5.82 Å². The molecule has 1 unspecified atom stereocenters. The molecule has 2 nitrogen and oxygen atoms in total. The minimum absolute atomic E-state index is 0.00655. The molecule has 28 heavy (non-hydrogen) atoms. The standard InChI is InChI=1S/C25H24FNO/c1-18-12-13-21-16-22(26)14-15-24(21)27(18)25(28)17-23(19-8-4-2-5-9-19)20-10-6-3-7-11-20/h2-11,14-16,18,23H,12-13,17H2,1H3. The molecule has 0 saturated carbocycles. The molecule has 0 aliphatic carbocycles. The van der Waals surface area contributed by atoms with Crippen molar-refractivity contribution in [3.8, 4) is 0 Å². The number of amides is 1. The first-order chi connectivity index (χ1) is 13.6. The highest BCUT2D eigenvalue weighted by Crippen LogP contribution is 2.35.